The summed E-state index contributed by atoms with van der Waals surface area (Å²) in [5, 5.41) is 10.1. The molecule has 1 nitrogen and oxygen atoms in total. The number of hydrogen-bond acceptors (Lipinski definition) is 1. The van der Waals surface area contributed by atoms with Crippen molar-refractivity contribution in [2.75, 3.05) is 0 Å². The Morgan fingerprint density at radius 1 is 1.15 bits per heavy atom. The fourth-order valence-corrected chi connectivity index (χ4v) is 2.18. The molecule has 0 aliphatic carbocycles. The molecule has 0 rings (SSSR count). The summed E-state index contributed by atoms with van der Waals surface area (Å²) in [6.45, 7) is 10.9. The van der Waals surface area contributed by atoms with Crippen molar-refractivity contribution < 1.29 is 5.11 Å². The molecule has 0 aliphatic rings. The van der Waals surface area contributed by atoms with E-state index in [1.54, 1.807) is 0 Å². The van der Waals surface area contributed by atoms with Gasteiger partial charge < -0.3 is 5.11 Å². The summed E-state index contributed by atoms with van der Waals surface area (Å²) in [6.07, 6.45) is 4.42. The van der Waals surface area contributed by atoms with Crippen molar-refractivity contribution in [3.63, 3.8) is 0 Å². The second kappa shape index (κ2) is 5.64. The summed E-state index contributed by atoms with van der Waals surface area (Å²) in [4.78, 5) is 0. The van der Waals surface area contributed by atoms with Crippen LogP contribution >= 0.6 is 0 Å². The third-order valence-electron chi connectivity index (χ3n) is 2.98. The van der Waals surface area contributed by atoms with Gasteiger partial charge in [-0.05, 0) is 24.2 Å². The molecule has 0 aliphatic heterocycles. The molecular formula is C12H26O. The molecule has 0 aromatic rings. The minimum Gasteiger partial charge on any atom is -0.392 e. The van der Waals surface area contributed by atoms with Gasteiger partial charge >= 0.3 is 0 Å². The predicted octanol–water partition coefficient (Wildman–Crippen LogP) is 3.61. The van der Waals surface area contributed by atoms with Gasteiger partial charge in [0.15, 0.2) is 0 Å². The quantitative estimate of drug-likeness (QED) is 0.672. The Hall–Kier alpha value is -0.0400. The maximum atomic E-state index is 10.1. The SMILES string of the molecule is CCCC(C)C(O)C(C)(C)CCC. The van der Waals surface area contributed by atoms with Gasteiger partial charge in [0.2, 0.25) is 0 Å². The minimum atomic E-state index is -0.146. The van der Waals surface area contributed by atoms with Crippen LogP contribution in [0.4, 0.5) is 0 Å². The highest BCUT2D eigenvalue weighted by Gasteiger charge is 2.30. The lowest BCUT2D eigenvalue weighted by Crippen LogP contribution is -2.34. The first-order valence-corrected chi connectivity index (χ1v) is 5.63. The van der Waals surface area contributed by atoms with E-state index in [1.165, 1.54) is 6.42 Å². The number of aliphatic hydroxyl groups is 1. The van der Waals surface area contributed by atoms with Gasteiger partial charge in [-0.2, -0.15) is 0 Å². The zero-order valence-corrected chi connectivity index (χ0v) is 9.93. The molecule has 0 amide bonds. The summed E-state index contributed by atoms with van der Waals surface area (Å²) < 4.78 is 0. The molecule has 0 fully saturated rings. The molecule has 0 saturated heterocycles. The van der Waals surface area contributed by atoms with E-state index in [0.29, 0.717) is 5.92 Å². The van der Waals surface area contributed by atoms with E-state index < -0.39 is 0 Å². The molecule has 0 aromatic heterocycles. The van der Waals surface area contributed by atoms with Gasteiger partial charge in [-0.3, -0.25) is 0 Å². The average Bonchev–Trinajstić information content (AvgIpc) is 2.03. The Morgan fingerprint density at radius 3 is 2.08 bits per heavy atom. The third-order valence-corrected chi connectivity index (χ3v) is 2.98. The van der Waals surface area contributed by atoms with E-state index in [1.807, 2.05) is 0 Å². The van der Waals surface area contributed by atoms with E-state index in [2.05, 4.69) is 34.6 Å². The monoisotopic (exact) mass is 186 g/mol. The summed E-state index contributed by atoms with van der Waals surface area (Å²) in [5.41, 5.74) is 0.0866. The molecule has 13 heavy (non-hydrogen) atoms. The lowest BCUT2D eigenvalue weighted by atomic mass is 9.76. The maximum Gasteiger partial charge on any atom is 0.0616 e. The van der Waals surface area contributed by atoms with Crippen LogP contribution in [-0.4, -0.2) is 11.2 Å². The van der Waals surface area contributed by atoms with Crippen LogP contribution in [0, 0.1) is 11.3 Å². The van der Waals surface area contributed by atoms with Crippen molar-refractivity contribution in [1.82, 2.24) is 0 Å². The second-order valence-corrected chi connectivity index (χ2v) is 4.95. The van der Waals surface area contributed by atoms with Crippen LogP contribution < -0.4 is 0 Å². The molecule has 0 radical (unpaired) electrons. The van der Waals surface area contributed by atoms with Gasteiger partial charge in [-0.25, -0.2) is 0 Å². The highest BCUT2D eigenvalue weighted by atomic mass is 16.3. The minimum absolute atomic E-state index is 0.0866. The summed E-state index contributed by atoms with van der Waals surface area (Å²) >= 11 is 0. The van der Waals surface area contributed by atoms with Gasteiger partial charge in [0.05, 0.1) is 6.10 Å². The zero-order valence-electron chi connectivity index (χ0n) is 9.93. The lowest BCUT2D eigenvalue weighted by molar-refractivity contribution is -0.00103. The maximum absolute atomic E-state index is 10.1. The molecule has 0 spiro atoms. The fourth-order valence-electron chi connectivity index (χ4n) is 2.18. The number of aliphatic hydroxyl groups excluding tert-OH is 1. The van der Waals surface area contributed by atoms with Crippen LogP contribution in [0.2, 0.25) is 0 Å². The Labute approximate surface area is 83.5 Å². The van der Waals surface area contributed by atoms with Crippen molar-refractivity contribution in [3.8, 4) is 0 Å². The van der Waals surface area contributed by atoms with Crippen LogP contribution in [0.5, 0.6) is 0 Å². The summed E-state index contributed by atoms with van der Waals surface area (Å²) in [5.74, 6) is 0.437. The Balaban J connectivity index is 4.12. The fraction of sp³-hybridized carbons (Fsp3) is 1.00. The number of rotatable bonds is 6. The van der Waals surface area contributed by atoms with Gasteiger partial charge in [-0.1, -0.05) is 47.5 Å². The molecule has 1 heteroatoms. The van der Waals surface area contributed by atoms with E-state index >= 15 is 0 Å². The van der Waals surface area contributed by atoms with E-state index in [-0.39, 0.29) is 11.5 Å². The predicted molar refractivity (Wildman–Crippen MR) is 58.8 cm³/mol. The first kappa shape index (κ1) is 13.0. The molecular weight excluding hydrogens is 160 g/mol. The van der Waals surface area contributed by atoms with Gasteiger partial charge in [0.25, 0.3) is 0 Å². The molecule has 0 aromatic carbocycles. The van der Waals surface area contributed by atoms with Gasteiger partial charge in [0.1, 0.15) is 0 Å². The molecule has 0 saturated carbocycles. The van der Waals surface area contributed by atoms with E-state index in [4.69, 9.17) is 0 Å². The molecule has 80 valence electrons. The molecule has 0 heterocycles. The van der Waals surface area contributed by atoms with Crippen LogP contribution in [0.1, 0.15) is 60.3 Å². The van der Waals surface area contributed by atoms with Gasteiger partial charge in [0, 0.05) is 0 Å². The first-order valence-electron chi connectivity index (χ1n) is 5.63. The second-order valence-electron chi connectivity index (χ2n) is 4.95. The van der Waals surface area contributed by atoms with Crippen molar-refractivity contribution in [3.05, 3.63) is 0 Å². The third kappa shape index (κ3) is 4.12. The van der Waals surface area contributed by atoms with Crippen LogP contribution in [0.15, 0.2) is 0 Å². The Kier molecular flexibility index (Phi) is 5.62. The van der Waals surface area contributed by atoms with Crippen LogP contribution in [0.25, 0.3) is 0 Å². The highest BCUT2D eigenvalue weighted by molar-refractivity contribution is 4.80. The van der Waals surface area contributed by atoms with E-state index in [9.17, 15) is 5.11 Å². The summed E-state index contributed by atoms with van der Waals surface area (Å²) in [6, 6.07) is 0. The van der Waals surface area contributed by atoms with E-state index in [0.717, 1.165) is 19.3 Å². The van der Waals surface area contributed by atoms with Crippen LogP contribution in [-0.2, 0) is 0 Å². The van der Waals surface area contributed by atoms with Crippen molar-refractivity contribution in [2.24, 2.45) is 11.3 Å². The van der Waals surface area contributed by atoms with Crippen molar-refractivity contribution in [2.45, 2.75) is 66.4 Å². The first-order chi connectivity index (χ1) is 5.95. The molecule has 2 atom stereocenters. The molecule has 1 N–H and O–H groups in total. The Morgan fingerprint density at radius 2 is 1.69 bits per heavy atom. The van der Waals surface area contributed by atoms with Crippen molar-refractivity contribution in [1.29, 1.82) is 0 Å². The van der Waals surface area contributed by atoms with Crippen molar-refractivity contribution >= 4 is 0 Å². The standard InChI is InChI=1S/C12H26O/c1-6-8-10(3)11(13)12(4,5)9-7-2/h10-11,13H,6-9H2,1-5H3. The van der Waals surface area contributed by atoms with Crippen LogP contribution in [0.3, 0.4) is 0 Å². The molecule has 0 bridgehead atoms. The Bertz CT molecular complexity index is 129. The smallest absolute Gasteiger partial charge is 0.0616 e. The number of hydrogen-bond donors (Lipinski definition) is 1. The largest absolute Gasteiger partial charge is 0.392 e. The average molecular weight is 186 g/mol. The zero-order chi connectivity index (χ0) is 10.5. The normalized spacial score (nSPS) is 17.1. The van der Waals surface area contributed by atoms with Gasteiger partial charge in [-0.15, -0.1) is 0 Å². The highest BCUT2D eigenvalue weighted by Crippen LogP contribution is 2.32. The lowest BCUT2D eigenvalue weighted by Gasteiger charge is -2.34. The topological polar surface area (TPSA) is 20.2 Å². The summed E-state index contributed by atoms with van der Waals surface area (Å²) in [7, 11) is 0. The molecule has 2 unspecified atom stereocenters.